The van der Waals surface area contributed by atoms with Crippen molar-refractivity contribution in [2.45, 2.75) is 29.5 Å². The lowest BCUT2D eigenvalue weighted by molar-refractivity contribution is 0.504. The second-order valence-corrected chi connectivity index (χ2v) is 4.78. The highest BCUT2D eigenvalue weighted by Crippen LogP contribution is 2.50. The Hall–Kier alpha value is 0.770. The lowest BCUT2D eigenvalue weighted by Gasteiger charge is -2.20. The Morgan fingerprint density at radius 3 is 2.22 bits per heavy atom. The molecular formula is C7H10BrCl. The van der Waals surface area contributed by atoms with E-state index in [0.29, 0.717) is 10.2 Å². The molecule has 0 amide bonds. The molecule has 2 saturated carbocycles. The third-order valence-corrected chi connectivity index (χ3v) is 4.97. The number of hydrogen-bond donors (Lipinski definition) is 0. The summed E-state index contributed by atoms with van der Waals surface area (Å²) in [6, 6.07) is 0. The Bertz CT molecular complexity index is 108. The second-order valence-electron chi connectivity index (χ2n) is 3.22. The van der Waals surface area contributed by atoms with Crippen LogP contribution in [-0.2, 0) is 0 Å². The molecule has 0 aromatic heterocycles. The maximum atomic E-state index is 6.11. The Morgan fingerprint density at radius 1 is 1.22 bits per heavy atom. The van der Waals surface area contributed by atoms with Gasteiger partial charge in [0.1, 0.15) is 0 Å². The van der Waals surface area contributed by atoms with E-state index in [1.807, 2.05) is 0 Å². The Morgan fingerprint density at radius 2 is 1.89 bits per heavy atom. The maximum Gasteiger partial charge on any atom is 0.0492 e. The van der Waals surface area contributed by atoms with Crippen molar-refractivity contribution >= 4 is 27.5 Å². The van der Waals surface area contributed by atoms with E-state index >= 15 is 0 Å². The van der Waals surface area contributed by atoms with Gasteiger partial charge in [-0.2, -0.15) is 0 Å². The van der Waals surface area contributed by atoms with Crippen molar-refractivity contribution in [3.8, 4) is 0 Å². The number of fused-ring (bicyclic) bond motifs is 2. The Balaban J connectivity index is 2.15. The lowest BCUT2D eigenvalue weighted by Crippen LogP contribution is -2.21. The van der Waals surface area contributed by atoms with Gasteiger partial charge in [0.05, 0.1) is 0 Å². The van der Waals surface area contributed by atoms with Gasteiger partial charge in [-0.3, -0.25) is 0 Å². The molecule has 2 bridgehead atoms. The monoisotopic (exact) mass is 208 g/mol. The van der Waals surface area contributed by atoms with Gasteiger partial charge < -0.3 is 0 Å². The van der Waals surface area contributed by atoms with Crippen LogP contribution >= 0.6 is 27.5 Å². The van der Waals surface area contributed by atoms with E-state index in [9.17, 15) is 0 Å². The zero-order valence-electron chi connectivity index (χ0n) is 5.19. The minimum Gasteiger partial charge on any atom is -0.121 e. The summed E-state index contributed by atoms with van der Waals surface area (Å²) in [5.74, 6) is 1.73. The molecule has 0 heterocycles. The van der Waals surface area contributed by atoms with E-state index in [1.54, 1.807) is 0 Å². The van der Waals surface area contributed by atoms with E-state index in [2.05, 4.69) is 15.9 Å². The molecule has 0 nitrogen and oxygen atoms in total. The van der Waals surface area contributed by atoms with Crippen LogP contribution in [0.15, 0.2) is 0 Å². The van der Waals surface area contributed by atoms with E-state index in [1.165, 1.54) is 19.3 Å². The van der Waals surface area contributed by atoms with Crippen molar-refractivity contribution < 1.29 is 0 Å². The molecule has 0 saturated heterocycles. The topological polar surface area (TPSA) is 0 Å². The highest BCUT2D eigenvalue weighted by Gasteiger charge is 2.45. The van der Waals surface area contributed by atoms with Crippen LogP contribution in [0.4, 0.5) is 0 Å². The van der Waals surface area contributed by atoms with Gasteiger partial charge in [0.2, 0.25) is 0 Å². The first-order chi connectivity index (χ1) is 4.29. The summed E-state index contributed by atoms with van der Waals surface area (Å²) < 4.78 is 0. The van der Waals surface area contributed by atoms with Crippen LogP contribution in [0.1, 0.15) is 19.3 Å². The van der Waals surface area contributed by atoms with Crippen LogP contribution in [0.25, 0.3) is 0 Å². The molecule has 2 heteroatoms. The third kappa shape index (κ3) is 0.848. The molecule has 0 aromatic rings. The second kappa shape index (κ2) is 2.13. The van der Waals surface area contributed by atoms with Crippen molar-refractivity contribution in [2.24, 2.45) is 11.8 Å². The van der Waals surface area contributed by atoms with Crippen LogP contribution in [-0.4, -0.2) is 10.2 Å². The fourth-order valence-corrected chi connectivity index (χ4v) is 3.50. The van der Waals surface area contributed by atoms with Crippen molar-refractivity contribution in [3.05, 3.63) is 0 Å². The van der Waals surface area contributed by atoms with Crippen LogP contribution in [0.3, 0.4) is 0 Å². The molecule has 0 aromatic carbocycles. The summed E-state index contributed by atoms with van der Waals surface area (Å²) in [7, 11) is 0. The molecule has 2 fully saturated rings. The third-order valence-electron chi connectivity index (χ3n) is 2.72. The van der Waals surface area contributed by atoms with Gasteiger partial charge in [0.15, 0.2) is 0 Å². The SMILES string of the molecule is Cl[C@@H]1[C@H]2CC[C@H](C2)[C@H]1Br. The first-order valence-corrected chi connectivity index (χ1v) is 4.92. The fourth-order valence-electron chi connectivity index (χ4n) is 2.15. The quantitative estimate of drug-likeness (QED) is 0.538. The van der Waals surface area contributed by atoms with E-state index in [4.69, 9.17) is 11.6 Å². The van der Waals surface area contributed by atoms with Gasteiger partial charge in [-0.15, -0.1) is 11.6 Å². The molecule has 0 N–H and O–H groups in total. The molecule has 9 heavy (non-hydrogen) atoms. The predicted octanol–water partition coefficient (Wildman–Crippen LogP) is 2.79. The zero-order valence-corrected chi connectivity index (χ0v) is 7.53. The van der Waals surface area contributed by atoms with Crippen LogP contribution in [0.5, 0.6) is 0 Å². The van der Waals surface area contributed by atoms with Crippen molar-refractivity contribution in [1.82, 2.24) is 0 Å². The highest BCUT2D eigenvalue weighted by molar-refractivity contribution is 9.09. The number of alkyl halides is 2. The summed E-state index contributed by atoms with van der Waals surface area (Å²) in [6.45, 7) is 0. The lowest BCUT2D eigenvalue weighted by atomic mass is 10.0. The van der Waals surface area contributed by atoms with Crippen LogP contribution in [0.2, 0.25) is 0 Å². The van der Waals surface area contributed by atoms with Gasteiger partial charge in [-0.25, -0.2) is 0 Å². The number of hydrogen-bond acceptors (Lipinski definition) is 0. The highest BCUT2D eigenvalue weighted by atomic mass is 79.9. The van der Waals surface area contributed by atoms with Gasteiger partial charge in [-0.1, -0.05) is 15.9 Å². The van der Waals surface area contributed by atoms with Crippen molar-refractivity contribution in [3.63, 3.8) is 0 Å². The molecule has 2 rings (SSSR count). The van der Waals surface area contributed by atoms with Crippen LogP contribution in [0, 0.1) is 11.8 Å². The fraction of sp³-hybridized carbons (Fsp3) is 1.00. The summed E-state index contributed by atoms with van der Waals surface area (Å²) in [5.41, 5.74) is 0. The summed E-state index contributed by atoms with van der Waals surface area (Å²) in [6.07, 6.45) is 4.16. The first kappa shape index (κ1) is 6.48. The molecule has 4 atom stereocenters. The van der Waals surface area contributed by atoms with Crippen molar-refractivity contribution in [2.75, 3.05) is 0 Å². The molecular weight excluding hydrogens is 199 g/mol. The van der Waals surface area contributed by atoms with E-state index in [-0.39, 0.29) is 0 Å². The molecule has 0 radical (unpaired) electrons. The van der Waals surface area contributed by atoms with E-state index in [0.717, 1.165) is 11.8 Å². The molecule has 52 valence electrons. The standard InChI is InChI=1S/C7H10BrCl/c8-6-4-1-2-5(3-4)7(6)9/h4-7H,1-3H2/t4-,5+,6-,7-/m1/s1. The van der Waals surface area contributed by atoms with E-state index < -0.39 is 0 Å². The number of rotatable bonds is 0. The molecule has 0 aliphatic heterocycles. The number of halogens is 2. The molecule has 2 aliphatic carbocycles. The minimum atomic E-state index is 0.434. The normalized spacial score (nSPS) is 56.7. The van der Waals surface area contributed by atoms with Gasteiger partial charge in [0, 0.05) is 10.2 Å². The molecule has 0 spiro atoms. The summed E-state index contributed by atoms with van der Waals surface area (Å²) in [5, 5.41) is 0.434. The zero-order chi connectivity index (χ0) is 6.43. The average Bonchev–Trinajstić information content (AvgIpc) is 2.37. The van der Waals surface area contributed by atoms with Gasteiger partial charge in [-0.05, 0) is 31.1 Å². The molecule has 2 aliphatic rings. The van der Waals surface area contributed by atoms with Gasteiger partial charge in [0.25, 0.3) is 0 Å². The summed E-state index contributed by atoms with van der Waals surface area (Å²) in [4.78, 5) is 0.623. The first-order valence-electron chi connectivity index (χ1n) is 3.57. The average molecular weight is 210 g/mol. The van der Waals surface area contributed by atoms with Crippen LogP contribution < -0.4 is 0 Å². The maximum absolute atomic E-state index is 6.11. The van der Waals surface area contributed by atoms with Crippen molar-refractivity contribution in [1.29, 1.82) is 0 Å². The Kier molecular flexibility index (Phi) is 1.53. The molecule has 0 unspecified atom stereocenters. The largest absolute Gasteiger partial charge is 0.121 e. The smallest absolute Gasteiger partial charge is 0.0492 e. The minimum absolute atomic E-state index is 0.434. The van der Waals surface area contributed by atoms with Gasteiger partial charge >= 0.3 is 0 Å². The predicted molar refractivity (Wildman–Crippen MR) is 43.2 cm³/mol. The summed E-state index contributed by atoms with van der Waals surface area (Å²) >= 11 is 9.74. The Labute approximate surface area is 69.1 Å².